The van der Waals surface area contributed by atoms with Gasteiger partial charge in [0.2, 0.25) is 0 Å². The van der Waals surface area contributed by atoms with Gasteiger partial charge in [-0.3, -0.25) is 0 Å². The van der Waals surface area contributed by atoms with Crippen LogP contribution < -0.4 is 5.32 Å². The highest BCUT2D eigenvalue weighted by Crippen LogP contribution is 2.27. The number of carbonyl (C=O) groups excluding carboxylic acids is 1. The first-order chi connectivity index (χ1) is 9.01. The summed E-state index contributed by atoms with van der Waals surface area (Å²) in [7, 11) is 1.31. The Bertz CT molecular complexity index is 625. The summed E-state index contributed by atoms with van der Waals surface area (Å²) in [6.45, 7) is 3.65. The van der Waals surface area contributed by atoms with Crippen molar-refractivity contribution in [3.8, 4) is 0 Å². The molecule has 0 saturated heterocycles. The number of aromatic nitrogens is 1. The molecule has 0 spiro atoms. The highest BCUT2D eigenvalue weighted by Gasteiger charge is 2.16. The van der Waals surface area contributed by atoms with Gasteiger partial charge in [0.15, 0.2) is 10.8 Å². The van der Waals surface area contributed by atoms with Crippen LogP contribution in [-0.4, -0.2) is 18.1 Å². The molecule has 1 aromatic carbocycles. The zero-order chi connectivity index (χ0) is 14.0. The molecule has 0 bridgehead atoms. The predicted octanol–water partition coefficient (Wildman–Crippen LogP) is 3.43. The number of rotatable bonds is 3. The smallest absolute Gasteiger partial charge is 0.357 e. The van der Waals surface area contributed by atoms with Crippen molar-refractivity contribution in [1.29, 1.82) is 0 Å². The van der Waals surface area contributed by atoms with Crippen LogP contribution in [0.25, 0.3) is 0 Å². The molecule has 2 rings (SSSR count). The molecule has 0 atom stereocenters. The fourth-order valence-electron chi connectivity index (χ4n) is 1.58. The van der Waals surface area contributed by atoms with Crippen molar-refractivity contribution in [3.63, 3.8) is 0 Å². The fraction of sp³-hybridized carbons (Fsp3) is 0.231. The van der Waals surface area contributed by atoms with Gasteiger partial charge in [0.1, 0.15) is 5.82 Å². The number of methoxy groups -OCH3 is 1. The molecule has 0 amide bonds. The first-order valence-electron chi connectivity index (χ1n) is 5.60. The van der Waals surface area contributed by atoms with Crippen molar-refractivity contribution < 1.29 is 13.9 Å². The monoisotopic (exact) mass is 280 g/mol. The second kappa shape index (κ2) is 5.36. The predicted molar refractivity (Wildman–Crippen MR) is 72.6 cm³/mol. The topological polar surface area (TPSA) is 51.2 Å². The van der Waals surface area contributed by atoms with Crippen LogP contribution in [0.2, 0.25) is 0 Å². The quantitative estimate of drug-likeness (QED) is 0.875. The Hall–Kier alpha value is -1.95. The molecular formula is C13H13FN2O2S. The Kier molecular flexibility index (Phi) is 3.80. The largest absolute Gasteiger partial charge is 0.464 e. The molecule has 4 nitrogen and oxygen atoms in total. The normalized spacial score (nSPS) is 10.3. The molecule has 0 unspecified atom stereocenters. The third kappa shape index (κ3) is 2.90. The van der Waals surface area contributed by atoms with E-state index in [1.165, 1.54) is 30.6 Å². The molecule has 0 saturated carbocycles. The minimum atomic E-state index is -0.474. The lowest BCUT2D eigenvalue weighted by Gasteiger charge is -2.06. The Morgan fingerprint density at radius 3 is 2.84 bits per heavy atom. The molecule has 19 heavy (non-hydrogen) atoms. The van der Waals surface area contributed by atoms with Gasteiger partial charge in [0.25, 0.3) is 0 Å². The van der Waals surface area contributed by atoms with Gasteiger partial charge in [0.05, 0.1) is 7.11 Å². The average molecular weight is 280 g/mol. The summed E-state index contributed by atoms with van der Waals surface area (Å²) < 4.78 is 17.8. The van der Waals surface area contributed by atoms with Gasteiger partial charge in [-0.15, -0.1) is 11.3 Å². The van der Waals surface area contributed by atoms with Gasteiger partial charge in [0, 0.05) is 10.6 Å². The van der Waals surface area contributed by atoms with Gasteiger partial charge in [-0.05, 0) is 31.5 Å². The molecule has 0 radical (unpaired) electrons. The van der Waals surface area contributed by atoms with Gasteiger partial charge in [-0.1, -0.05) is 6.07 Å². The summed E-state index contributed by atoms with van der Waals surface area (Å²) in [4.78, 5) is 16.4. The van der Waals surface area contributed by atoms with Crippen LogP contribution in [0.3, 0.4) is 0 Å². The van der Waals surface area contributed by atoms with Crippen LogP contribution in [-0.2, 0) is 4.74 Å². The molecule has 1 N–H and O–H groups in total. The van der Waals surface area contributed by atoms with Gasteiger partial charge >= 0.3 is 5.97 Å². The van der Waals surface area contributed by atoms with E-state index in [1.54, 1.807) is 13.0 Å². The summed E-state index contributed by atoms with van der Waals surface area (Å²) >= 11 is 1.32. The Balaban J connectivity index is 2.29. The standard InChI is InChI=1S/C13H13FN2O2S/c1-7-4-5-9(14)6-10(7)15-13-16-11(8(2)19-13)12(17)18-3/h4-6H,1-3H3,(H,15,16). The first kappa shape index (κ1) is 13.5. The van der Waals surface area contributed by atoms with E-state index in [9.17, 15) is 9.18 Å². The number of aryl methyl sites for hydroxylation is 2. The number of anilines is 2. The van der Waals surface area contributed by atoms with Crippen LogP contribution in [0.1, 0.15) is 20.9 Å². The highest BCUT2D eigenvalue weighted by atomic mass is 32.1. The first-order valence-corrected chi connectivity index (χ1v) is 6.42. The van der Waals surface area contributed by atoms with Crippen LogP contribution in [0.4, 0.5) is 15.2 Å². The van der Waals surface area contributed by atoms with Crippen molar-refractivity contribution in [2.75, 3.05) is 12.4 Å². The van der Waals surface area contributed by atoms with Gasteiger partial charge < -0.3 is 10.1 Å². The number of thiazole rings is 1. The summed E-state index contributed by atoms with van der Waals surface area (Å²) in [5.74, 6) is -0.799. The van der Waals surface area contributed by atoms with Crippen LogP contribution in [0, 0.1) is 19.7 Å². The minimum Gasteiger partial charge on any atom is -0.464 e. The molecule has 6 heteroatoms. The number of ether oxygens (including phenoxy) is 1. The second-order valence-corrected chi connectivity index (χ2v) is 5.20. The average Bonchev–Trinajstić information content (AvgIpc) is 2.74. The number of nitrogens with zero attached hydrogens (tertiary/aromatic N) is 1. The summed E-state index contributed by atoms with van der Waals surface area (Å²) in [6.07, 6.45) is 0. The van der Waals surface area contributed by atoms with E-state index in [-0.39, 0.29) is 11.5 Å². The van der Waals surface area contributed by atoms with E-state index >= 15 is 0 Å². The van der Waals surface area contributed by atoms with Crippen LogP contribution >= 0.6 is 11.3 Å². The molecule has 0 aliphatic carbocycles. The maximum atomic E-state index is 13.2. The number of hydrogen-bond donors (Lipinski definition) is 1. The summed E-state index contributed by atoms with van der Waals surface area (Å²) in [5, 5.41) is 3.55. The lowest BCUT2D eigenvalue weighted by Crippen LogP contribution is -2.03. The third-order valence-corrected chi connectivity index (χ3v) is 3.50. The summed E-state index contributed by atoms with van der Waals surface area (Å²) in [5.41, 5.74) is 1.81. The molecule has 1 aromatic heterocycles. The Labute approximate surface area is 114 Å². The minimum absolute atomic E-state index is 0.282. The van der Waals surface area contributed by atoms with E-state index in [0.29, 0.717) is 10.8 Å². The van der Waals surface area contributed by atoms with Crippen molar-refractivity contribution >= 4 is 28.1 Å². The molecule has 2 aromatic rings. The lowest BCUT2D eigenvalue weighted by molar-refractivity contribution is 0.0594. The van der Waals surface area contributed by atoms with Crippen molar-refractivity contribution in [3.05, 3.63) is 40.2 Å². The van der Waals surface area contributed by atoms with Crippen LogP contribution in [0.5, 0.6) is 0 Å². The van der Waals surface area contributed by atoms with E-state index in [1.807, 2.05) is 6.92 Å². The Morgan fingerprint density at radius 2 is 2.16 bits per heavy atom. The molecule has 0 aliphatic heterocycles. The Morgan fingerprint density at radius 1 is 1.42 bits per heavy atom. The SMILES string of the molecule is COC(=O)c1nc(Nc2cc(F)ccc2C)sc1C. The molecule has 1 heterocycles. The van der Waals surface area contributed by atoms with Gasteiger partial charge in [-0.2, -0.15) is 0 Å². The summed E-state index contributed by atoms with van der Waals surface area (Å²) in [6, 6.07) is 4.47. The van der Waals surface area contributed by atoms with Crippen LogP contribution in [0.15, 0.2) is 18.2 Å². The highest BCUT2D eigenvalue weighted by molar-refractivity contribution is 7.15. The van der Waals surface area contributed by atoms with Crippen molar-refractivity contribution in [1.82, 2.24) is 4.98 Å². The second-order valence-electron chi connectivity index (χ2n) is 4.00. The zero-order valence-electron chi connectivity index (χ0n) is 10.8. The molecule has 100 valence electrons. The number of halogens is 1. The van der Waals surface area contributed by atoms with Crippen molar-refractivity contribution in [2.45, 2.75) is 13.8 Å². The number of nitrogens with one attached hydrogen (secondary N) is 1. The van der Waals surface area contributed by atoms with Crippen molar-refractivity contribution in [2.24, 2.45) is 0 Å². The molecule has 0 fully saturated rings. The lowest BCUT2D eigenvalue weighted by atomic mass is 10.2. The van der Waals surface area contributed by atoms with E-state index in [0.717, 1.165) is 10.4 Å². The van der Waals surface area contributed by atoms with E-state index in [4.69, 9.17) is 0 Å². The zero-order valence-corrected chi connectivity index (χ0v) is 11.6. The van der Waals surface area contributed by atoms with E-state index < -0.39 is 5.97 Å². The van der Waals surface area contributed by atoms with Gasteiger partial charge in [-0.25, -0.2) is 14.2 Å². The number of hydrogen-bond acceptors (Lipinski definition) is 5. The number of carbonyl (C=O) groups is 1. The maximum absolute atomic E-state index is 13.2. The maximum Gasteiger partial charge on any atom is 0.357 e. The molecule has 0 aliphatic rings. The van der Waals surface area contributed by atoms with E-state index in [2.05, 4.69) is 15.0 Å². The third-order valence-electron chi connectivity index (χ3n) is 2.62. The number of esters is 1. The molecular weight excluding hydrogens is 267 g/mol. The number of benzene rings is 1. The fourth-order valence-corrected chi connectivity index (χ4v) is 2.39.